The van der Waals surface area contributed by atoms with Gasteiger partial charge >= 0.3 is 0 Å². The zero-order valence-corrected chi connectivity index (χ0v) is 18.4. The first kappa shape index (κ1) is 20.9. The summed E-state index contributed by atoms with van der Waals surface area (Å²) in [4.78, 5) is 2.32. The molecule has 2 aromatic carbocycles. The predicted octanol–water partition coefficient (Wildman–Crippen LogP) is 3.20. The van der Waals surface area contributed by atoms with Gasteiger partial charge in [0.05, 0.1) is 27.0 Å². The van der Waals surface area contributed by atoms with Crippen LogP contribution in [0.15, 0.2) is 59.8 Å². The number of nitrogens with zero attached hydrogens (tertiary/aromatic N) is 5. The number of methoxy groups -OCH3 is 2. The van der Waals surface area contributed by atoms with Gasteiger partial charge < -0.3 is 14.4 Å². The second-order valence-corrected chi connectivity index (χ2v) is 7.69. The molecule has 1 aliphatic heterocycles. The zero-order valence-electron chi connectivity index (χ0n) is 18.4. The average molecular weight is 420 g/mol. The molecule has 1 aromatic heterocycles. The normalized spacial score (nSPS) is 14.9. The summed E-state index contributed by atoms with van der Waals surface area (Å²) in [6.45, 7) is 4.59. The van der Waals surface area contributed by atoms with Crippen LogP contribution in [-0.2, 0) is 6.54 Å². The zero-order chi connectivity index (χ0) is 21.6. The highest BCUT2D eigenvalue weighted by Gasteiger charge is 2.15. The smallest absolute Gasteiger partial charge is 0.161 e. The van der Waals surface area contributed by atoms with Crippen LogP contribution in [0.2, 0.25) is 0 Å². The summed E-state index contributed by atoms with van der Waals surface area (Å²) in [7, 11) is 5.43. The second kappa shape index (κ2) is 9.66. The van der Waals surface area contributed by atoms with Crippen LogP contribution in [0.3, 0.4) is 0 Å². The van der Waals surface area contributed by atoms with E-state index >= 15 is 0 Å². The van der Waals surface area contributed by atoms with Crippen molar-refractivity contribution in [2.24, 2.45) is 5.10 Å². The van der Waals surface area contributed by atoms with Crippen molar-refractivity contribution in [3.05, 3.63) is 65.9 Å². The summed E-state index contributed by atoms with van der Waals surface area (Å²) in [6, 6.07) is 16.2. The lowest BCUT2D eigenvalue weighted by atomic mass is 10.1. The van der Waals surface area contributed by atoms with Crippen molar-refractivity contribution in [2.75, 3.05) is 47.4 Å². The van der Waals surface area contributed by atoms with Gasteiger partial charge in [0.15, 0.2) is 11.5 Å². The number of rotatable bonds is 7. The van der Waals surface area contributed by atoms with Crippen molar-refractivity contribution >= 4 is 6.21 Å². The topological polar surface area (TPSA) is 55.1 Å². The highest BCUT2D eigenvalue weighted by molar-refractivity contribution is 5.88. The lowest BCUT2D eigenvalue weighted by Crippen LogP contribution is -2.41. The molecule has 7 nitrogen and oxygen atoms in total. The largest absolute Gasteiger partial charge is 0.493 e. The highest BCUT2D eigenvalue weighted by atomic mass is 16.5. The number of hydrogen-bond acceptors (Lipinski definition) is 6. The Morgan fingerprint density at radius 2 is 1.71 bits per heavy atom. The summed E-state index contributed by atoms with van der Waals surface area (Å²) in [5.41, 5.74) is 4.01. The van der Waals surface area contributed by atoms with Gasteiger partial charge in [-0.2, -0.15) is 10.2 Å². The molecule has 0 aliphatic carbocycles. The Morgan fingerprint density at radius 3 is 2.42 bits per heavy atom. The molecule has 0 saturated carbocycles. The number of hydrogen-bond donors (Lipinski definition) is 0. The Bertz CT molecular complexity index is 1020. The maximum absolute atomic E-state index is 5.50. The molecule has 31 heavy (non-hydrogen) atoms. The van der Waals surface area contributed by atoms with Crippen molar-refractivity contribution in [3.8, 4) is 22.8 Å². The van der Waals surface area contributed by atoms with Crippen LogP contribution in [0.1, 0.15) is 11.1 Å². The minimum atomic E-state index is 0.680. The van der Waals surface area contributed by atoms with Crippen LogP contribution in [0.5, 0.6) is 11.5 Å². The molecule has 4 rings (SSSR count). The van der Waals surface area contributed by atoms with Gasteiger partial charge in [0.2, 0.25) is 0 Å². The Hall–Kier alpha value is -3.32. The molecule has 1 saturated heterocycles. The van der Waals surface area contributed by atoms with Gasteiger partial charge in [-0.15, -0.1) is 0 Å². The van der Waals surface area contributed by atoms with Gasteiger partial charge in [-0.05, 0) is 30.8 Å². The highest BCUT2D eigenvalue weighted by Crippen LogP contribution is 2.32. The SMILES string of the molecule is COc1ccc(-c2nn(Cc3ccccc3)cc2/C=N\N2CCN(C)CC2)cc1OC. The Balaban J connectivity index is 1.66. The molecule has 0 unspecified atom stereocenters. The average Bonchev–Trinajstić information content (AvgIpc) is 3.21. The third-order valence-corrected chi connectivity index (χ3v) is 5.47. The van der Waals surface area contributed by atoms with E-state index in [-0.39, 0.29) is 0 Å². The summed E-state index contributed by atoms with van der Waals surface area (Å²) < 4.78 is 12.9. The van der Waals surface area contributed by atoms with Gasteiger partial charge in [-0.3, -0.25) is 9.69 Å². The van der Waals surface area contributed by atoms with Crippen molar-refractivity contribution in [2.45, 2.75) is 6.54 Å². The van der Waals surface area contributed by atoms with E-state index in [2.05, 4.69) is 35.3 Å². The van der Waals surface area contributed by atoms with Gasteiger partial charge in [0, 0.05) is 43.5 Å². The fourth-order valence-electron chi connectivity index (χ4n) is 3.65. The van der Waals surface area contributed by atoms with Crippen LogP contribution in [-0.4, -0.2) is 73.4 Å². The summed E-state index contributed by atoms with van der Waals surface area (Å²) >= 11 is 0. The molecule has 0 spiro atoms. The number of piperazine rings is 1. The molecule has 0 bridgehead atoms. The van der Waals surface area contributed by atoms with Crippen LogP contribution in [0.4, 0.5) is 0 Å². The number of hydrazone groups is 1. The van der Waals surface area contributed by atoms with Crippen molar-refractivity contribution in [3.63, 3.8) is 0 Å². The van der Waals surface area contributed by atoms with E-state index in [1.165, 1.54) is 5.56 Å². The molecule has 162 valence electrons. The third-order valence-electron chi connectivity index (χ3n) is 5.47. The minimum Gasteiger partial charge on any atom is -0.493 e. The van der Waals surface area contributed by atoms with E-state index in [1.54, 1.807) is 14.2 Å². The first-order valence-electron chi connectivity index (χ1n) is 10.5. The Kier molecular flexibility index (Phi) is 6.52. The van der Waals surface area contributed by atoms with Crippen LogP contribution >= 0.6 is 0 Å². The molecule has 7 heteroatoms. The predicted molar refractivity (Wildman–Crippen MR) is 123 cm³/mol. The molecular weight excluding hydrogens is 390 g/mol. The van der Waals surface area contributed by atoms with E-state index < -0.39 is 0 Å². The van der Waals surface area contributed by atoms with E-state index in [9.17, 15) is 0 Å². The van der Waals surface area contributed by atoms with Crippen molar-refractivity contribution in [1.29, 1.82) is 0 Å². The summed E-state index contributed by atoms with van der Waals surface area (Å²) in [6.07, 6.45) is 3.98. The molecule has 1 aliphatic rings. The Morgan fingerprint density at radius 1 is 0.968 bits per heavy atom. The fraction of sp³-hybridized carbons (Fsp3) is 0.333. The lowest BCUT2D eigenvalue weighted by molar-refractivity contribution is 0.159. The van der Waals surface area contributed by atoms with Gasteiger partial charge in [-0.1, -0.05) is 30.3 Å². The third kappa shape index (κ3) is 5.06. The quantitative estimate of drug-likeness (QED) is 0.551. The summed E-state index contributed by atoms with van der Waals surface area (Å²) in [5, 5.41) is 11.7. The van der Waals surface area contributed by atoms with Gasteiger partial charge in [0.25, 0.3) is 0 Å². The van der Waals surface area contributed by atoms with Crippen LogP contribution in [0.25, 0.3) is 11.3 Å². The van der Waals surface area contributed by atoms with Gasteiger partial charge in [-0.25, -0.2) is 0 Å². The van der Waals surface area contributed by atoms with E-state index in [0.717, 1.165) is 43.0 Å². The first-order chi connectivity index (χ1) is 15.2. The van der Waals surface area contributed by atoms with Crippen molar-refractivity contribution in [1.82, 2.24) is 19.7 Å². The minimum absolute atomic E-state index is 0.680. The molecule has 0 atom stereocenters. The molecule has 1 fully saturated rings. The van der Waals surface area contributed by atoms with E-state index in [1.807, 2.05) is 47.3 Å². The molecule has 0 amide bonds. The maximum Gasteiger partial charge on any atom is 0.161 e. The standard InChI is InChI=1S/C24H29N5O2/c1-27-11-13-28(14-12-27)25-16-21-18-29(17-19-7-5-4-6-8-19)26-24(21)20-9-10-22(30-2)23(15-20)31-3/h4-10,15-16,18H,11-14,17H2,1-3H3/b25-16-. The first-order valence-corrected chi connectivity index (χ1v) is 10.5. The molecular formula is C24H29N5O2. The number of ether oxygens (including phenoxy) is 2. The maximum atomic E-state index is 5.50. The number of aromatic nitrogens is 2. The molecule has 0 radical (unpaired) electrons. The van der Waals surface area contributed by atoms with E-state index in [0.29, 0.717) is 18.0 Å². The number of benzene rings is 2. The Labute approximate surface area is 183 Å². The lowest BCUT2D eigenvalue weighted by Gasteiger charge is -2.30. The molecule has 0 N–H and O–H groups in total. The second-order valence-electron chi connectivity index (χ2n) is 7.69. The van der Waals surface area contributed by atoms with E-state index in [4.69, 9.17) is 19.7 Å². The molecule has 2 heterocycles. The van der Waals surface area contributed by atoms with Crippen LogP contribution in [0, 0.1) is 0 Å². The van der Waals surface area contributed by atoms with Crippen LogP contribution < -0.4 is 9.47 Å². The monoisotopic (exact) mass is 419 g/mol. The fourth-order valence-corrected chi connectivity index (χ4v) is 3.65. The van der Waals surface area contributed by atoms with Crippen molar-refractivity contribution < 1.29 is 9.47 Å². The number of likely N-dealkylation sites (N-methyl/N-ethyl adjacent to an activating group) is 1. The van der Waals surface area contributed by atoms with Gasteiger partial charge in [0.1, 0.15) is 5.69 Å². The molecule has 3 aromatic rings. The summed E-state index contributed by atoms with van der Waals surface area (Å²) in [5.74, 6) is 1.38.